The van der Waals surface area contributed by atoms with Crippen LogP contribution in [0.5, 0.6) is 0 Å². The van der Waals surface area contributed by atoms with Gasteiger partial charge in [0, 0.05) is 21.2 Å². The van der Waals surface area contributed by atoms with E-state index in [0.717, 1.165) is 19.3 Å². The number of nitriles is 1. The molecule has 0 fully saturated rings. The maximum atomic E-state index is 9.85. The van der Waals surface area contributed by atoms with Gasteiger partial charge >= 0.3 is 0 Å². The van der Waals surface area contributed by atoms with Crippen LogP contribution in [0.15, 0.2) is 64.5 Å². The Morgan fingerprint density at radius 2 is 1.67 bits per heavy atom. The van der Waals surface area contributed by atoms with Crippen LogP contribution in [-0.4, -0.2) is 0 Å². The molecule has 1 aromatic heterocycles. The Kier molecular flexibility index (Phi) is 6.94. The molecule has 0 spiro atoms. The van der Waals surface area contributed by atoms with Gasteiger partial charge in [0.05, 0.1) is 22.4 Å². The molecule has 0 aliphatic carbocycles. The quantitative estimate of drug-likeness (QED) is 0.152. The molecule has 2 nitrogen and oxygen atoms in total. The van der Waals surface area contributed by atoms with Gasteiger partial charge in [-0.1, -0.05) is 82.8 Å². The first-order valence-electron chi connectivity index (χ1n) is 15.3. The Hall–Kier alpha value is -3.35. The fraction of sp³-hybridized carbons (Fsp3) is 0.385. The van der Waals surface area contributed by atoms with E-state index in [1.807, 2.05) is 25.6 Å². The van der Waals surface area contributed by atoms with Gasteiger partial charge in [0.2, 0.25) is 5.69 Å². The maximum absolute atomic E-state index is 9.85. The lowest BCUT2D eigenvalue weighted by atomic mass is 9.83. The minimum absolute atomic E-state index is 0.238. The molecule has 0 saturated heterocycles. The van der Waals surface area contributed by atoms with Crippen LogP contribution in [0.2, 0.25) is 0 Å². The van der Waals surface area contributed by atoms with E-state index in [2.05, 4.69) is 114 Å². The Morgan fingerprint density at radius 3 is 2.36 bits per heavy atom. The molecule has 6 rings (SSSR count). The van der Waals surface area contributed by atoms with Crippen LogP contribution < -0.4 is 4.57 Å². The molecule has 42 heavy (non-hydrogen) atoms. The van der Waals surface area contributed by atoms with Gasteiger partial charge in [-0.25, -0.2) is 4.57 Å². The van der Waals surface area contributed by atoms with E-state index in [1.54, 1.807) is 0 Å². The van der Waals surface area contributed by atoms with Gasteiger partial charge in [-0.2, -0.15) is 5.26 Å². The van der Waals surface area contributed by atoms with Crippen molar-refractivity contribution in [3.63, 3.8) is 0 Å². The standard InChI is InChI=1S/C39H43N2S/c1-23(2)17-31-28-14-13-25(20-38(4,5)6)18-30(28)24(3)33-36-35-29(15-16-41(36)9)34-26(19-32(35)42-37(31)33)11-10-12-27(34)21-39(7,8)22-40/h10-16,18-19,23H,17,20-21H2,1-9H3/q+1. The number of hydrogen-bond acceptors (Lipinski definition) is 2. The Labute approximate surface area is 255 Å². The zero-order valence-corrected chi connectivity index (χ0v) is 27.5. The predicted molar refractivity (Wildman–Crippen MR) is 179 cm³/mol. The second-order valence-corrected chi connectivity index (χ2v) is 15.8. The van der Waals surface area contributed by atoms with Crippen LogP contribution in [-0.2, 0) is 26.3 Å². The largest absolute Gasteiger partial charge is 0.222 e. The molecule has 0 saturated carbocycles. The summed E-state index contributed by atoms with van der Waals surface area (Å²) in [5, 5.41) is 17.8. The average molecular weight is 572 g/mol. The highest BCUT2D eigenvalue weighted by molar-refractivity contribution is 8.00. The van der Waals surface area contributed by atoms with Crippen LogP contribution in [0.4, 0.5) is 0 Å². The lowest BCUT2D eigenvalue weighted by molar-refractivity contribution is -0.659. The van der Waals surface area contributed by atoms with E-state index in [-0.39, 0.29) is 5.41 Å². The van der Waals surface area contributed by atoms with Gasteiger partial charge < -0.3 is 0 Å². The first kappa shape index (κ1) is 28.8. The van der Waals surface area contributed by atoms with Gasteiger partial charge in [-0.05, 0) is 101 Å². The van der Waals surface area contributed by atoms with Gasteiger partial charge in [-0.15, -0.1) is 0 Å². The monoisotopic (exact) mass is 571 g/mol. The average Bonchev–Trinajstić information content (AvgIpc) is 2.91. The number of rotatable bonds is 5. The van der Waals surface area contributed by atoms with E-state index >= 15 is 0 Å². The molecule has 0 unspecified atom stereocenters. The van der Waals surface area contributed by atoms with Crippen molar-refractivity contribution in [3.05, 3.63) is 77.0 Å². The van der Waals surface area contributed by atoms with Gasteiger partial charge in [0.1, 0.15) is 7.05 Å². The van der Waals surface area contributed by atoms with E-state index in [1.165, 1.54) is 75.6 Å². The molecular formula is C39H43N2S+. The van der Waals surface area contributed by atoms with Crippen LogP contribution in [0.3, 0.4) is 0 Å². The van der Waals surface area contributed by atoms with Crippen molar-refractivity contribution in [1.29, 1.82) is 5.26 Å². The first-order valence-corrected chi connectivity index (χ1v) is 16.1. The third-order valence-corrected chi connectivity index (χ3v) is 9.93. The summed E-state index contributed by atoms with van der Waals surface area (Å²) in [6, 6.07) is 21.1. The highest BCUT2D eigenvalue weighted by Crippen LogP contribution is 2.53. The second-order valence-electron chi connectivity index (χ2n) is 14.8. The summed E-state index contributed by atoms with van der Waals surface area (Å²) < 4.78 is 2.34. The second kappa shape index (κ2) is 10.1. The molecule has 0 amide bonds. The number of fused-ring (bicyclic) bond motifs is 5. The van der Waals surface area contributed by atoms with E-state index in [4.69, 9.17) is 0 Å². The molecule has 1 aliphatic rings. The summed E-state index contributed by atoms with van der Waals surface area (Å²) >= 11 is 1.97. The zero-order valence-electron chi connectivity index (χ0n) is 26.7. The van der Waals surface area contributed by atoms with Crippen molar-refractivity contribution in [2.24, 2.45) is 23.8 Å². The van der Waals surface area contributed by atoms with Crippen molar-refractivity contribution in [2.75, 3.05) is 0 Å². The number of aromatic nitrogens is 1. The summed E-state index contributed by atoms with van der Waals surface area (Å²) in [5.41, 5.74) is 8.06. The molecule has 0 N–H and O–H groups in total. The Morgan fingerprint density at radius 1 is 0.905 bits per heavy atom. The van der Waals surface area contributed by atoms with Crippen LogP contribution >= 0.6 is 11.8 Å². The van der Waals surface area contributed by atoms with Crippen molar-refractivity contribution in [2.45, 2.75) is 84.4 Å². The third kappa shape index (κ3) is 4.88. The molecule has 0 bridgehead atoms. The van der Waals surface area contributed by atoms with Crippen LogP contribution in [0.1, 0.15) is 70.7 Å². The third-order valence-electron chi connectivity index (χ3n) is 8.73. The number of aryl methyl sites for hydroxylation is 2. The molecule has 2 heterocycles. The summed E-state index contributed by atoms with van der Waals surface area (Å²) in [7, 11) is 2.20. The molecular weight excluding hydrogens is 529 g/mol. The van der Waals surface area contributed by atoms with E-state index < -0.39 is 5.41 Å². The van der Waals surface area contributed by atoms with E-state index in [0.29, 0.717) is 5.92 Å². The smallest absolute Gasteiger partial charge is 0.200 e. The molecule has 5 aromatic rings. The van der Waals surface area contributed by atoms with Gasteiger partial charge in [0.25, 0.3) is 0 Å². The zero-order chi connectivity index (χ0) is 30.1. The van der Waals surface area contributed by atoms with Gasteiger partial charge in [-0.3, -0.25) is 0 Å². The van der Waals surface area contributed by atoms with Gasteiger partial charge in [0.15, 0.2) is 6.20 Å². The normalized spacial score (nSPS) is 13.3. The molecule has 1 aliphatic heterocycles. The van der Waals surface area contributed by atoms with E-state index in [9.17, 15) is 5.26 Å². The summed E-state index contributed by atoms with van der Waals surface area (Å²) in [4.78, 5) is 2.76. The molecule has 214 valence electrons. The predicted octanol–water partition coefficient (Wildman–Crippen LogP) is 10.3. The van der Waals surface area contributed by atoms with Crippen LogP contribution in [0.25, 0.3) is 43.6 Å². The van der Waals surface area contributed by atoms with Crippen molar-refractivity contribution >= 4 is 44.1 Å². The Bertz CT molecular complexity index is 1950. The number of nitrogens with zero attached hydrogens (tertiary/aromatic N) is 2. The highest BCUT2D eigenvalue weighted by Gasteiger charge is 2.33. The SMILES string of the molecule is Cc1c2c(c(CC(C)C)c3ccc(CC(C)(C)C)cc13)Sc1cc3cccc(CC(C)(C)C#N)c3c3cc[n+](C)c-2c13. The molecule has 0 radical (unpaired) electrons. The van der Waals surface area contributed by atoms with Crippen molar-refractivity contribution in [3.8, 4) is 17.3 Å². The maximum Gasteiger partial charge on any atom is 0.222 e. The Balaban J connectivity index is 1.72. The summed E-state index contributed by atoms with van der Waals surface area (Å²) in [5.74, 6) is 0.559. The van der Waals surface area contributed by atoms with Crippen molar-refractivity contribution < 1.29 is 4.57 Å². The number of hydrogen-bond donors (Lipinski definition) is 0. The first-order chi connectivity index (χ1) is 19.8. The topological polar surface area (TPSA) is 27.7 Å². The van der Waals surface area contributed by atoms with Crippen molar-refractivity contribution in [1.82, 2.24) is 0 Å². The molecule has 3 heteroatoms. The fourth-order valence-corrected chi connectivity index (χ4v) is 8.40. The lowest BCUT2D eigenvalue weighted by Gasteiger charge is -2.27. The minimum atomic E-state index is -0.425. The van der Waals surface area contributed by atoms with Crippen LogP contribution in [0, 0.1) is 35.0 Å². The molecule has 0 atom stereocenters. The number of pyridine rings is 1. The lowest BCUT2D eigenvalue weighted by Crippen LogP contribution is -2.32. The fourth-order valence-electron chi connectivity index (χ4n) is 7.02. The summed E-state index contributed by atoms with van der Waals surface area (Å²) in [6.07, 6.45) is 5.09. The number of benzene rings is 4. The molecule has 4 aromatic carbocycles. The minimum Gasteiger partial charge on any atom is -0.200 e. The summed E-state index contributed by atoms with van der Waals surface area (Å²) in [6.45, 7) is 18.1. The highest BCUT2D eigenvalue weighted by atomic mass is 32.2.